The molecule has 2 aromatic rings. The predicted molar refractivity (Wildman–Crippen MR) is 60.5 cm³/mol. The fourth-order valence-corrected chi connectivity index (χ4v) is 3.26. The Morgan fingerprint density at radius 1 is 1.47 bits per heavy atom. The number of alkyl halides is 1. The largest absolute Gasteiger partial charge is 0.258 e. The van der Waals surface area contributed by atoms with Crippen LogP contribution in [-0.4, -0.2) is 45.1 Å². The number of hydrogen-bond donors (Lipinski definition) is 0. The summed E-state index contributed by atoms with van der Waals surface area (Å²) in [5.41, 5.74) is 0.296. The quantitative estimate of drug-likeness (QED) is 0.739. The fraction of sp³-hybridized carbons (Fsp3) is 0.500. The summed E-state index contributed by atoms with van der Waals surface area (Å²) in [6.45, 7) is 1.76. The lowest BCUT2D eigenvalue weighted by molar-refractivity contribution is 0.572. The van der Waals surface area contributed by atoms with Crippen molar-refractivity contribution in [2.45, 2.75) is 11.9 Å². The lowest BCUT2D eigenvalue weighted by Crippen LogP contribution is -2.18. The lowest BCUT2D eigenvalue weighted by atomic mass is 10.3. The molecule has 0 fully saturated rings. The summed E-state index contributed by atoms with van der Waals surface area (Å²) in [5, 5.41) is 10.7. The summed E-state index contributed by atoms with van der Waals surface area (Å²) in [5.74, 6) is 0.0727. The molecule has 0 spiro atoms. The highest BCUT2D eigenvalue weighted by molar-refractivity contribution is 7.91. The van der Waals surface area contributed by atoms with Crippen LogP contribution in [0.5, 0.6) is 0 Å². The van der Waals surface area contributed by atoms with Crippen LogP contribution in [-0.2, 0) is 9.84 Å². The molecule has 7 nitrogen and oxygen atoms in total. The molecule has 1 unspecified atom stereocenters. The Morgan fingerprint density at radius 3 is 2.94 bits per heavy atom. The van der Waals surface area contributed by atoms with Gasteiger partial charge in [0.1, 0.15) is 0 Å². The van der Waals surface area contributed by atoms with Crippen LogP contribution in [0.15, 0.2) is 17.4 Å². The molecule has 2 heterocycles. The number of nitrogens with zero attached hydrogens (tertiary/aromatic N) is 5. The molecule has 0 amide bonds. The standard InChI is InChI=1S/C8H10ClN5O2S/c1-6(2-9)5-17(15,16)8-4-10-3-7-11-12-13-14(7)8/h3-4,6H,2,5H2,1H3. The zero-order valence-corrected chi connectivity index (χ0v) is 10.6. The molecule has 0 aliphatic carbocycles. The molecule has 0 radical (unpaired) electrons. The lowest BCUT2D eigenvalue weighted by Gasteiger charge is -2.08. The van der Waals surface area contributed by atoms with Crippen molar-refractivity contribution in [1.82, 2.24) is 25.0 Å². The molecule has 0 saturated carbocycles. The van der Waals surface area contributed by atoms with E-state index in [1.54, 1.807) is 6.92 Å². The first-order valence-corrected chi connectivity index (χ1v) is 7.04. The second-order valence-corrected chi connectivity index (χ2v) is 6.02. The van der Waals surface area contributed by atoms with Crippen LogP contribution in [0.4, 0.5) is 0 Å². The van der Waals surface area contributed by atoms with Crippen molar-refractivity contribution in [3.05, 3.63) is 12.4 Å². The molecular weight excluding hydrogens is 266 g/mol. The number of hydrogen-bond acceptors (Lipinski definition) is 6. The molecule has 9 heteroatoms. The fourth-order valence-electron chi connectivity index (χ4n) is 1.37. The van der Waals surface area contributed by atoms with Crippen LogP contribution in [0.3, 0.4) is 0 Å². The van der Waals surface area contributed by atoms with Crippen LogP contribution in [0.25, 0.3) is 5.65 Å². The second-order valence-electron chi connectivity index (χ2n) is 3.74. The van der Waals surface area contributed by atoms with Crippen molar-refractivity contribution in [1.29, 1.82) is 0 Å². The van der Waals surface area contributed by atoms with E-state index in [9.17, 15) is 8.42 Å². The molecule has 0 bridgehead atoms. The Hall–Kier alpha value is -1.28. The number of rotatable bonds is 4. The molecule has 0 N–H and O–H groups in total. The minimum Gasteiger partial charge on any atom is -0.258 e. The molecule has 92 valence electrons. The SMILES string of the molecule is CC(CCl)CS(=O)(=O)c1cncc2nnnn12. The molecule has 2 rings (SSSR count). The summed E-state index contributed by atoms with van der Waals surface area (Å²) in [6.07, 6.45) is 2.63. The monoisotopic (exact) mass is 275 g/mol. The highest BCUT2D eigenvalue weighted by Crippen LogP contribution is 2.14. The second kappa shape index (κ2) is 4.53. The van der Waals surface area contributed by atoms with E-state index in [1.165, 1.54) is 12.4 Å². The van der Waals surface area contributed by atoms with Gasteiger partial charge in [-0.05, 0) is 16.3 Å². The average Bonchev–Trinajstić information content (AvgIpc) is 2.75. The van der Waals surface area contributed by atoms with Gasteiger partial charge in [-0.25, -0.2) is 8.42 Å². The molecule has 0 aliphatic heterocycles. The summed E-state index contributed by atoms with van der Waals surface area (Å²) < 4.78 is 25.4. The number of tetrazole rings is 1. The third kappa shape index (κ3) is 2.37. The maximum absolute atomic E-state index is 12.1. The van der Waals surface area contributed by atoms with E-state index in [0.717, 1.165) is 4.52 Å². The van der Waals surface area contributed by atoms with Crippen molar-refractivity contribution in [3.63, 3.8) is 0 Å². The van der Waals surface area contributed by atoms with Crippen LogP contribution in [0.2, 0.25) is 0 Å². The van der Waals surface area contributed by atoms with Crippen molar-refractivity contribution >= 4 is 27.1 Å². The smallest absolute Gasteiger partial charge is 0.198 e. The van der Waals surface area contributed by atoms with Gasteiger partial charge in [0, 0.05) is 5.88 Å². The molecule has 0 aliphatic rings. The van der Waals surface area contributed by atoms with E-state index in [0.29, 0.717) is 5.65 Å². The maximum atomic E-state index is 12.1. The molecule has 0 aromatic carbocycles. The van der Waals surface area contributed by atoms with Gasteiger partial charge in [0.25, 0.3) is 0 Å². The Kier molecular flexibility index (Phi) is 3.25. The van der Waals surface area contributed by atoms with Crippen LogP contribution in [0, 0.1) is 5.92 Å². The van der Waals surface area contributed by atoms with Gasteiger partial charge in [-0.3, -0.25) is 4.98 Å². The Morgan fingerprint density at radius 2 is 2.24 bits per heavy atom. The topological polar surface area (TPSA) is 90.1 Å². The minimum atomic E-state index is -3.49. The van der Waals surface area contributed by atoms with E-state index in [4.69, 9.17) is 11.6 Å². The first-order chi connectivity index (χ1) is 8.04. The third-order valence-corrected chi connectivity index (χ3v) is 4.61. The van der Waals surface area contributed by atoms with Gasteiger partial charge in [-0.15, -0.1) is 16.7 Å². The Labute approximate surface area is 103 Å². The zero-order chi connectivity index (χ0) is 12.5. The van der Waals surface area contributed by atoms with Crippen molar-refractivity contribution in [3.8, 4) is 0 Å². The summed E-state index contributed by atoms with van der Waals surface area (Å²) in [6, 6.07) is 0. The maximum Gasteiger partial charge on any atom is 0.198 e. The van der Waals surface area contributed by atoms with Crippen molar-refractivity contribution in [2.24, 2.45) is 5.92 Å². The first kappa shape index (κ1) is 12.2. The average molecular weight is 276 g/mol. The molecule has 17 heavy (non-hydrogen) atoms. The van der Waals surface area contributed by atoms with Gasteiger partial charge in [0.05, 0.1) is 18.1 Å². The van der Waals surface area contributed by atoms with Gasteiger partial charge in [0.15, 0.2) is 20.5 Å². The van der Waals surface area contributed by atoms with E-state index >= 15 is 0 Å². The van der Waals surface area contributed by atoms with Crippen LogP contribution < -0.4 is 0 Å². The molecule has 0 saturated heterocycles. The number of fused-ring (bicyclic) bond motifs is 1. The highest BCUT2D eigenvalue weighted by atomic mass is 35.5. The molecule has 2 aromatic heterocycles. The summed E-state index contributed by atoms with van der Waals surface area (Å²) >= 11 is 5.62. The normalized spacial score (nSPS) is 14.0. The predicted octanol–water partition coefficient (Wildman–Crippen LogP) is 0.168. The third-order valence-electron chi connectivity index (χ3n) is 2.16. The first-order valence-electron chi connectivity index (χ1n) is 4.85. The summed E-state index contributed by atoms with van der Waals surface area (Å²) in [4.78, 5) is 3.81. The Balaban J connectivity index is 2.49. The van der Waals surface area contributed by atoms with Crippen molar-refractivity contribution in [2.75, 3.05) is 11.6 Å². The van der Waals surface area contributed by atoms with E-state index < -0.39 is 9.84 Å². The van der Waals surface area contributed by atoms with Gasteiger partial charge < -0.3 is 0 Å². The number of sulfone groups is 1. The van der Waals surface area contributed by atoms with Gasteiger partial charge in [0.2, 0.25) is 0 Å². The minimum absolute atomic E-state index is 0.0167. The highest BCUT2D eigenvalue weighted by Gasteiger charge is 2.22. The van der Waals surface area contributed by atoms with E-state index in [1.807, 2.05) is 0 Å². The number of aromatic nitrogens is 5. The van der Waals surface area contributed by atoms with E-state index in [-0.39, 0.29) is 22.6 Å². The zero-order valence-electron chi connectivity index (χ0n) is 8.99. The molecule has 1 atom stereocenters. The Bertz CT molecular complexity index is 626. The number of halogens is 1. The molecular formula is C8H10ClN5O2S. The van der Waals surface area contributed by atoms with Gasteiger partial charge >= 0.3 is 0 Å². The van der Waals surface area contributed by atoms with Crippen LogP contribution in [0.1, 0.15) is 6.92 Å². The van der Waals surface area contributed by atoms with Gasteiger partial charge in [-0.2, -0.15) is 4.52 Å². The van der Waals surface area contributed by atoms with E-state index in [2.05, 4.69) is 20.5 Å². The van der Waals surface area contributed by atoms with Gasteiger partial charge in [-0.1, -0.05) is 6.92 Å². The summed E-state index contributed by atoms with van der Waals surface area (Å²) in [7, 11) is -3.49. The van der Waals surface area contributed by atoms with Crippen molar-refractivity contribution < 1.29 is 8.42 Å². The van der Waals surface area contributed by atoms with Crippen LogP contribution >= 0.6 is 11.6 Å².